The lowest BCUT2D eigenvalue weighted by molar-refractivity contribution is -0.00568. The van der Waals surface area contributed by atoms with Crippen LogP contribution in [0.25, 0.3) is 4.96 Å². The van der Waals surface area contributed by atoms with E-state index in [4.69, 9.17) is 5.10 Å². The second kappa shape index (κ2) is 6.36. The number of nitrogens with zero attached hydrogens (tertiary/aromatic N) is 5. The van der Waals surface area contributed by atoms with Gasteiger partial charge < -0.3 is 0 Å². The van der Waals surface area contributed by atoms with Gasteiger partial charge in [0.05, 0.1) is 6.54 Å². The largest absolute Gasteiger partial charge is 0.295 e. The summed E-state index contributed by atoms with van der Waals surface area (Å²) in [5, 5.41) is 15.4. The monoisotopic (exact) mass is 393 g/mol. The van der Waals surface area contributed by atoms with Crippen molar-refractivity contribution in [2.75, 3.05) is 7.05 Å². The molecule has 4 fully saturated rings. The molecule has 5 nitrogen and oxygen atoms in total. The average Bonchev–Trinajstić information content (AvgIpc) is 3.24. The Labute approximate surface area is 169 Å². The maximum atomic E-state index is 5.11. The number of fused-ring (bicyclic) bond motifs is 1. The van der Waals surface area contributed by atoms with Gasteiger partial charge in [0, 0.05) is 12.0 Å². The second-order valence-corrected chi connectivity index (χ2v) is 10.5. The third kappa shape index (κ3) is 2.80. The predicted octanol–water partition coefficient (Wildman–Crippen LogP) is 4.29. The summed E-state index contributed by atoms with van der Waals surface area (Å²) < 4.78 is 2.03. The van der Waals surface area contributed by atoms with Crippen molar-refractivity contribution in [1.29, 1.82) is 0 Å². The van der Waals surface area contributed by atoms with Crippen molar-refractivity contribution in [3.63, 3.8) is 0 Å². The van der Waals surface area contributed by atoms with Gasteiger partial charge in [0.15, 0.2) is 5.82 Å². The number of benzene rings is 1. The normalized spacial score (nSPS) is 31.3. The van der Waals surface area contributed by atoms with Crippen LogP contribution in [0, 0.1) is 17.8 Å². The highest BCUT2D eigenvalue weighted by Gasteiger charge is 2.53. The minimum atomic E-state index is 0.341. The summed E-state index contributed by atoms with van der Waals surface area (Å²) in [6.07, 6.45) is 8.47. The van der Waals surface area contributed by atoms with Gasteiger partial charge in [-0.05, 0) is 68.9 Å². The fourth-order valence-corrected chi connectivity index (χ4v) is 7.61. The standard InChI is InChI=1S/C22H27N5S/c1-26(13-15-5-3-2-4-6-15)14-19-23-24-21-27(19)25-20(28-21)22-10-16-7-17(11-22)9-18(8-16)12-22/h2-6,16-18H,7-14H2,1H3. The third-order valence-corrected chi connectivity index (χ3v) is 8.40. The zero-order valence-electron chi connectivity index (χ0n) is 16.4. The topological polar surface area (TPSA) is 46.3 Å². The van der Waals surface area contributed by atoms with Crippen molar-refractivity contribution < 1.29 is 0 Å². The number of aromatic nitrogens is 4. The molecular weight excluding hydrogens is 366 g/mol. The number of hydrogen-bond donors (Lipinski definition) is 0. The van der Waals surface area contributed by atoms with Gasteiger partial charge in [0.2, 0.25) is 4.96 Å². The zero-order valence-corrected chi connectivity index (χ0v) is 17.2. The first kappa shape index (κ1) is 17.1. The van der Waals surface area contributed by atoms with Crippen LogP contribution in [0.15, 0.2) is 30.3 Å². The molecule has 7 rings (SSSR count). The molecule has 0 radical (unpaired) electrons. The van der Waals surface area contributed by atoms with Crippen molar-refractivity contribution >= 4 is 16.3 Å². The lowest BCUT2D eigenvalue weighted by atomic mass is 9.50. The van der Waals surface area contributed by atoms with Crippen molar-refractivity contribution in [2.24, 2.45) is 17.8 Å². The maximum Gasteiger partial charge on any atom is 0.234 e. The van der Waals surface area contributed by atoms with Crippen LogP contribution in [-0.2, 0) is 18.5 Å². The summed E-state index contributed by atoms with van der Waals surface area (Å²) in [4.78, 5) is 3.25. The Kier molecular flexibility index (Phi) is 3.88. The average molecular weight is 394 g/mol. The molecule has 4 bridgehead atoms. The Balaban J connectivity index is 1.26. The van der Waals surface area contributed by atoms with Crippen LogP contribution in [0.1, 0.15) is 54.9 Å². The highest BCUT2D eigenvalue weighted by Crippen LogP contribution is 2.61. The summed E-state index contributed by atoms with van der Waals surface area (Å²) in [6.45, 7) is 1.67. The van der Waals surface area contributed by atoms with Gasteiger partial charge in [-0.25, -0.2) is 0 Å². The van der Waals surface area contributed by atoms with Crippen LogP contribution in [-0.4, -0.2) is 31.8 Å². The summed E-state index contributed by atoms with van der Waals surface area (Å²) in [5.41, 5.74) is 1.66. The maximum absolute atomic E-state index is 5.11. The van der Waals surface area contributed by atoms with Crippen LogP contribution in [0.5, 0.6) is 0 Å². The highest BCUT2D eigenvalue weighted by atomic mass is 32.1. The fraction of sp³-hybridized carbons (Fsp3) is 0.591. The van der Waals surface area contributed by atoms with Crippen molar-refractivity contribution in [2.45, 2.75) is 57.0 Å². The SMILES string of the molecule is CN(Cc1ccccc1)Cc1nnc2sc(C34CC5CC(CC(C5)C3)C4)nn12. The van der Waals surface area contributed by atoms with E-state index in [-0.39, 0.29) is 0 Å². The minimum absolute atomic E-state index is 0.341. The molecule has 0 unspecified atom stereocenters. The van der Waals surface area contributed by atoms with E-state index < -0.39 is 0 Å². The molecule has 146 valence electrons. The second-order valence-electron chi connectivity index (χ2n) is 9.57. The van der Waals surface area contributed by atoms with Crippen molar-refractivity contribution in [1.82, 2.24) is 24.7 Å². The molecule has 4 saturated carbocycles. The van der Waals surface area contributed by atoms with E-state index in [2.05, 4.69) is 52.5 Å². The van der Waals surface area contributed by atoms with Gasteiger partial charge in [-0.15, -0.1) is 10.2 Å². The van der Waals surface area contributed by atoms with Crippen molar-refractivity contribution in [3.05, 3.63) is 46.7 Å². The summed E-state index contributed by atoms with van der Waals surface area (Å²) in [6, 6.07) is 10.6. The Morgan fingerprint density at radius 1 is 1.00 bits per heavy atom. The van der Waals surface area contributed by atoms with E-state index in [9.17, 15) is 0 Å². The van der Waals surface area contributed by atoms with Gasteiger partial charge in [0.1, 0.15) is 5.01 Å². The van der Waals surface area contributed by atoms with E-state index in [1.807, 2.05) is 4.52 Å². The van der Waals surface area contributed by atoms with E-state index in [0.717, 1.165) is 41.6 Å². The first-order chi connectivity index (χ1) is 13.7. The third-order valence-electron chi connectivity index (χ3n) is 7.25. The summed E-state index contributed by atoms with van der Waals surface area (Å²) in [5.74, 6) is 3.78. The Bertz CT molecular complexity index is 956. The van der Waals surface area contributed by atoms with Gasteiger partial charge >= 0.3 is 0 Å². The zero-order chi connectivity index (χ0) is 18.7. The molecule has 0 saturated heterocycles. The predicted molar refractivity (Wildman–Crippen MR) is 110 cm³/mol. The molecule has 2 aromatic heterocycles. The molecule has 1 aromatic carbocycles. The molecule has 0 amide bonds. The van der Waals surface area contributed by atoms with E-state index in [0.29, 0.717) is 5.41 Å². The van der Waals surface area contributed by atoms with Crippen molar-refractivity contribution in [3.8, 4) is 0 Å². The molecule has 0 atom stereocenters. The first-order valence-electron chi connectivity index (χ1n) is 10.6. The van der Waals surface area contributed by atoms with Crippen LogP contribution in [0.2, 0.25) is 0 Å². The van der Waals surface area contributed by atoms with E-state index in [1.54, 1.807) is 11.3 Å². The lowest BCUT2D eigenvalue weighted by Gasteiger charge is -2.55. The van der Waals surface area contributed by atoms with Gasteiger partial charge in [-0.1, -0.05) is 41.7 Å². The molecule has 4 aliphatic carbocycles. The molecule has 3 aromatic rings. The Morgan fingerprint density at radius 3 is 2.36 bits per heavy atom. The molecular formula is C22H27N5S. The lowest BCUT2D eigenvalue weighted by Crippen LogP contribution is -2.48. The van der Waals surface area contributed by atoms with Crippen LogP contribution in [0.4, 0.5) is 0 Å². The van der Waals surface area contributed by atoms with Crippen LogP contribution >= 0.6 is 11.3 Å². The smallest absolute Gasteiger partial charge is 0.234 e. The van der Waals surface area contributed by atoms with Crippen LogP contribution < -0.4 is 0 Å². The Morgan fingerprint density at radius 2 is 1.68 bits per heavy atom. The van der Waals surface area contributed by atoms with E-state index in [1.165, 1.54) is 49.1 Å². The quantitative estimate of drug-likeness (QED) is 0.649. The van der Waals surface area contributed by atoms with Gasteiger partial charge in [-0.3, -0.25) is 4.90 Å². The molecule has 6 heteroatoms. The highest BCUT2D eigenvalue weighted by molar-refractivity contribution is 7.16. The van der Waals surface area contributed by atoms with E-state index >= 15 is 0 Å². The van der Waals surface area contributed by atoms with Crippen LogP contribution in [0.3, 0.4) is 0 Å². The molecule has 0 aliphatic heterocycles. The number of rotatable bonds is 5. The molecule has 0 spiro atoms. The number of hydrogen-bond acceptors (Lipinski definition) is 5. The minimum Gasteiger partial charge on any atom is -0.295 e. The molecule has 28 heavy (non-hydrogen) atoms. The van der Waals surface area contributed by atoms with Gasteiger partial charge in [-0.2, -0.15) is 9.61 Å². The Hall–Kier alpha value is -1.79. The summed E-state index contributed by atoms with van der Waals surface area (Å²) in [7, 11) is 2.14. The molecule has 2 heterocycles. The molecule has 4 aliphatic rings. The first-order valence-corrected chi connectivity index (χ1v) is 11.4. The fourth-order valence-electron chi connectivity index (χ4n) is 6.54. The summed E-state index contributed by atoms with van der Waals surface area (Å²) >= 11 is 1.80. The molecule has 0 N–H and O–H groups in total. The van der Waals surface area contributed by atoms with Gasteiger partial charge in [0.25, 0.3) is 0 Å².